The number of nitrogens with one attached hydrogen (secondary N) is 2. The Balaban J connectivity index is 2.04. The normalized spacial score (nSPS) is 19.0. The number of hydrogen-bond donors (Lipinski definition) is 2. The van der Waals surface area contributed by atoms with Crippen LogP contribution in [0.1, 0.15) is 10.4 Å². The van der Waals surface area contributed by atoms with Crippen LogP contribution in [-0.4, -0.2) is 44.1 Å². The maximum absolute atomic E-state index is 12.2. The van der Waals surface area contributed by atoms with Crippen LogP contribution in [-0.2, 0) is 19.1 Å². The van der Waals surface area contributed by atoms with E-state index in [2.05, 4.69) is 15.4 Å². The van der Waals surface area contributed by atoms with E-state index in [-0.39, 0.29) is 29.4 Å². The summed E-state index contributed by atoms with van der Waals surface area (Å²) in [5.41, 5.74) is 0.201. The molecule has 9 heteroatoms. The van der Waals surface area contributed by atoms with E-state index in [1.807, 2.05) is 0 Å². The van der Waals surface area contributed by atoms with Gasteiger partial charge in [0, 0.05) is 5.02 Å². The Bertz CT molecular complexity index is 705. The topological polar surface area (TPSA) is 93.7 Å². The zero-order valence-corrected chi connectivity index (χ0v) is 14.1. The molecule has 0 bridgehead atoms. The average molecular weight is 373 g/mol. The van der Waals surface area contributed by atoms with Crippen molar-refractivity contribution in [2.45, 2.75) is 6.10 Å². The summed E-state index contributed by atoms with van der Waals surface area (Å²) < 4.78 is 9.79. The molecule has 2 N–H and O–H groups in total. The fourth-order valence-electron chi connectivity index (χ4n) is 1.92. The number of rotatable bonds is 3. The minimum absolute atomic E-state index is 0.0323. The highest BCUT2D eigenvalue weighted by molar-refractivity contribution is 6.36. The van der Waals surface area contributed by atoms with E-state index in [1.54, 1.807) is 0 Å². The van der Waals surface area contributed by atoms with Crippen LogP contribution >= 0.6 is 23.2 Å². The number of benzene rings is 1. The Morgan fingerprint density at radius 3 is 2.62 bits per heavy atom. The third kappa shape index (κ3) is 4.62. The van der Waals surface area contributed by atoms with Crippen LogP contribution < -0.4 is 10.6 Å². The Hall–Kier alpha value is -2.25. The smallest absolute Gasteiger partial charge is 0.340 e. The Morgan fingerprint density at radius 1 is 1.25 bits per heavy atom. The zero-order chi connectivity index (χ0) is 17.7. The SMILES string of the molecule is COC(=O)/C=C1\NCC(OC(=O)c2ccc(Cl)cc2Cl)CNC1=O. The molecule has 1 fully saturated rings. The second-order valence-electron chi connectivity index (χ2n) is 4.82. The van der Waals surface area contributed by atoms with Gasteiger partial charge in [-0.3, -0.25) is 4.79 Å². The van der Waals surface area contributed by atoms with E-state index in [9.17, 15) is 14.4 Å². The van der Waals surface area contributed by atoms with Crippen molar-refractivity contribution >= 4 is 41.0 Å². The van der Waals surface area contributed by atoms with Crippen LogP contribution in [0.15, 0.2) is 30.0 Å². The van der Waals surface area contributed by atoms with Gasteiger partial charge in [0.15, 0.2) is 0 Å². The molecule has 128 valence electrons. The molecule has 1 aliphatic heterocycles. The van der Waals surface area contributed by atoms with E-state index >= 15 is 0 Å². The van der Waals surface area contributed by atoms with Gasteiger partial charge < -0.3 is 20.1 Å². The molecule has 1 heterocycles. The van der Waals surface area contributed by atoms with Crippen LogP contribution in [0, 0.1) is 0 Å². The third-order valence-electron chi connectivity index (χ3n) is 3.14. The Kier molecular flexibility index (Phi) is 6.05. The molecule has 24 heavy (non-hydrogen) atoms. The van der Waals surface area contributed by atoms with Gasteiger partial charge >= 0.3 is 11.9 Å². The average Bonchev–Trinajstić information content (AvgIpc) is 2.70. The number of halogens is 2. The van der Waals surface area contributed by atoms with Gasteiger partial charge in [0.2, 0.25) is 0 Å². The summed E-state index contributed by atoms with van der Waals surface area (Å²) in [6, 6.07) is 4.41. The maximum Gasteiger partial charge on any atom is 0.340 e. The number of ether oxygens (including phenoxy) is 2. The summed E-state index contributed by atoms with van der Waals surface area (Å²) in [6.45, 7) is 0.222. The van der Waals surface area contributed by atoms with Crippen molar-refractivity contribution in [3.05, 3.63) is 45.6 Å². The lowest BCUT2D eigenvalue weighted by Crippen LogP contribution is -2.34. The standard InChI is InChI=1S/C15H14Cl2N2O5/c1-23-13(20)5-12-14(21)19-7-9(6-18-12)24-15(22)10-3-2-8(16)4-11(10)17/h2-5,9,18H,6-7H2,1H3,(H,19,21)/b12-5-. The molecular weight excluding hydrogens is 359 g/mol. The van der Waals surface area contributed by atoms with E-state index < -0.39 is 23.9 Å². The van der Waals surface area contributed by atoms with E-state index in [0.717, 1.165) is 6.08 Å². The predicted octanol–water partition coefficient (Wildman–Crippen LogP) is 1.30. The van der Waals surface area contributed by atoms with Crippen molar-refractivity contribution in [3.63, 3.8) is 0 Å². The molecule has 1 atom stereocenters. The number of methoxy groups -OCH3 is 1. The second-order valence-corrected chi connectivity index (χ2v) is 5.67. The highest BCUT2D eigenvalue weighted by Gasteiger charge is 2.24. The summed E-state index contributed by atoms with van der Waals surface area (Å²) in [6.07, 6.45) is 0.382. The molecule has 1 aliphatic rings. The lowest BCUT2D eigenvalue weighted by atomic mass is 10.2. The molecule has 1 saturated heterocycles. The van der Waals surface area contributed by atoms with Crippen molar-refractivity contribution in [1.82, 2.24) is 10.6 Å². The second kappa shape index (κ2) is 8.03. The molecule has 0 saturated carbocycles. The first-order chi connectivity index (χ1) is 11.4. The number of carbonyl (C=O) groups is 3. The van der Waals surface area contributed by atoms with Crippen LogP contribution in [0.3, 0.4) is 0 Å². The molecule has 0 aromatic heterocycles. The molecule has 1 aromatic carbocycles. The third-order valence-corrected chi connectivity index (χ3v) is 3.69. The zero-order valence-electron chi connectivity index (χ0n) is 12.6. The maximum atomic E-state index is 12.2. The fraction of sp³-hybridized carbons (Fsp3) is 0.267. The molecule has 7 nitrogen and oxygen atoms in total. The lowest BCUT2D eigenvalue weighted by Gasteiger charge is -2.16. The van der Waals surface area contributed by atoms with Crippen LogP contribution in [0.2, 0.25) is 10.0 Å². The minimum atomic E-state index is -0.670. The first-order valence-corrected chi connectivity index (χ1v) is 7.64. The number of amides is 1. The van der Waals surface area contributed by atoms with Crippen LogP contribution in [0.25, 0.3) is 0 Å². The van der Waals surface area contributed by atoms with Gasteiger partial charge in [-0.25, -0.2) is 9.59 Å². The van der Waals surface area contributed by atoms with E-state index in [0.29, 0.717) is 5.02 Å². The van der Waals surface area contributed by atoms with E-state index in [4.69, 9.17) is 27.9 Å². The molecular formula is C15H14Cl2N2O5. The fourth-order valence-corrected chi connectivity index (χ4v) is 2.41. The van der Waals surface area contributed by atoms with Gasteiger partial charge in [0.1, 0.15) is 11.8 Å². The predicted molar refractivity (Wildman–Crippen MR) is 86.8 cm³/mol. The summed E-state index contributed by atoms with van der Waals surface area (Å²) in [5, 5.41) is 5.86. The molecule has 1 amide bonds. The first-order valence-electron chi connectivity index (χ1n) is 6.88. The van der Waals surface area contributed by atoms with Crippen molar-refractivity contribution in [3.8, 4) is 0 Å². The summed E-state index contributed by atoms with van der Waals surface area (Å²) in [7, 11) is 1.20. The van der Waals surface area contributed by atoms with Gasteiger partial charge in [-0.15, -0.1) is 0 Å². The van der Waals surface area contributed by atoms with Gasteiger partial charge in [0.05, 0.1) is 36.9 Å². The summed E-state index contributed by atoms with van der Waals surface area (Å²) in [4.78, 5) is 35.2. The first kappa shape index (κ1) is 18.1. The van der Waals surface area contributed by atoms with Crippen molar-refractivity contribution in [2.24, 2.45) is 0 Å². The summed E-state index contributed by atoms with van der Waals surface area (Å²) in [5.74, 6) is -1.81. The molecule has 0 spiro atoms. The van der Waals surface area contributed by atoms with Crippen molar-refractivity contribution in [2.75, 3.05) is 20.2 Å². The number of hydrogen-bond acceptors (Lipinski definition) is 6. The lowest BCUT2D eigenvalue weighted by molar-refractivity contribution is -0.135. The van der Waals surface area contributed by atoms with Crippen molar-refractivity contribution < 1.29 is 23.9 Å². The van der Waals surface area contributed by atoms with Gasteiger partial charge in [-0.2, -0.15) is 0 Å². The highest BCUT2D eigenvalue weighted by Crippen LogP contribution is 2.22. The molecule has 0 aliphatic carbocycles. The minimum Gasteiger partial charge on any atom is -0.466 e. The van der Waals surface area contributed by atoms with Crippen molar-refractivity contribution in [1.29, 1.82) is 0 Å². The largest absolute Gasteiger partial charge is 0.466 e. The van der Waals surface area contributed by atoms with Gasteiger partial charge in [-0.1, -0.05) is 23.2 Å². The Morgan fingerprint density at radius 2 is 1.96 bits per heavy atom. The molecule has 0 radical (unpaired) electrons. The summed E-state index contributed by atoms with van der Waals surface area (Å²) >= 11 is 11.7. The molecule has 1 unspecified atom stereocenters. The highest BCUT2D eigenvalue weighted by atomic mass is 35.5. The van der Waals surface area contributed by atoms with Crippen LogP contribution in [0.5, 0.6) is 0 Å². The van der Waals surface area contributed by atoms with E-state index in [1.165, 1.54) is 25.3 Å². The van der Waals surface area contributed by atoms with Crippen LogP contribution in [0.4, 0.5) is 0 Å². The Labute approximate surface area is 147 Å². The monoisotopic (exact) mass is 372 g/mol. The van der Waals surface area contributed by atoms with Gasteiger partial charge in [-0.05, 0) is 18.2 Å². The quantitative estimate of drug-likeness (QED) is 0.613. The number of carbonyl (C=O) groups excluding carboxylic acids is 3. The molecule has 2 rings (SSSR count). The number of esters is 2. The van der Waals surface area contributed by atoms with Gasteiger partial charge in [0.25, 0.3) is 5.91 Å². The molecule has 1 aromatic rings.